The third kappa shape index (κ3) is 5.73. The second kappa shape index (κ2) is 9.06. The van der Waals surface area contributed by atoms with Crippen LogP contribution >= 0.6 is 0 Å². The molecular weight excluding hydrogens is 190 g/mol. The van der Waals surface area contributed by atoms with Crippen LogP contribution in [0.5, 0.6) is 0 Å². The van der Waals surface area contributed by atoms with E-state index in [1.807, 2.05) is 34.6 Å². The molecule has 1 rings (SSSR count). The third-order valence-corrected chi connectivity index (χ3v) is 1.44. The Hall–Kier alpha value is -1.51. The number of aryl methyl sites for hydroxylation is 1. The van der Waals surface area contributed by atoms with Gasteiger partial charge in [0.2, 0.25) is 0 Å². The number of carboxylic acid groups (broad SMARTS) is 1. The number of nitrogen functional groups attached to an aromatic ring is 1. The summed E-state index contributed by atoms with van der Waals surface area (Å²) in [4.78, 5) is 10.5. The monoisotopic (exact) mass is 211 g/mol. The highest BCUT2D eigenvalue weighted by atomic mass is 16.4. The first-order valence-corrected chi connectivity index (χ1v) is 5.20. The first-order chi connectivity index (χ1) is 7.11. The van der Waals surface area contributed by atoms with Crippen molar-refractivity contribution in [3.8, 4) is 0 Å². The highest BCUT2D eigenvalue weighted by molar-refractivity contribution is 5.93. The van der Waals surface area contributed by atoms with Crippen molar-refractivity contribution in [1.29, 1.82) is 0 Å². The van der Waals surface area contributed by atoms with Crippen LogP contribution in [0, 0.1) is 6.92 Å². The van der Waals surface area contributed by atoms with E-state index in [4.69, 9.17) is 10.8 Å². The molecule has 3 heteroatoms. The van der Waals surface area contributed by atoms with Gasteiger partial charge in [-0.05, 0) is 19.1 Å². The number of benzene rings is 1. The minimum atomic E-state index is -0.980. The van der Waals surface area contributed by atoms with Crippen LogP contribution in [0.3, 0.4) is 0 Å². The van der Waals surface area contributed by atoms with Crippen LogP contribution < -0.4 is 5.73 Å². The molecule has 0 aromatic heterocycles. The summed E-state index contributed by atoms with van der Waals surface area (Å²) >= 11 is 0. The summed E-state index contributed by atoms with van der Waals surface area (Å²) < 4.78 is 0. The van der Waals surface area contributed by atoms with E-state index < -0.39 is 5.97 Å². The minimum absolute atomic E-state index is 0.171. The smallest absolute Gasteiger partial charge is 0.337 e. The van der Waals surface area contributed by atoms with Crippen molar-refractivity contribution in [3.63, 3.8) is 0 Å². The lowest BCUT2D eigenvalue weighted by molar-refractivity contribution is 0.0698. The molecule has 0 aliphatic heterocycles. The van der Waals surface area contributed by atoms with E-state index in [-0.39, 0.29) is 5.56 Å². The fourth-order valence-corrected chi connectivity index (χ4v) is 0.855. The molecule has 0 saturated carbocycles. The molecule has 3 nitrogen and oxygen atoms in total. The summed E-state index contributed by atoms with van der Waals surface area (Å²) in [5, 5.41) is 8.61. The van der Waals surface area contributed by atoms with Gasteiger partial charge in [0.15, 0.2) is 0 Å². The van der Waals surface area contributed by atoms with Crippen molar-refractivity contribution >= 4 is 11.7 Å². The molecule has 0 heterocycles. The lowest BCUT2D eigenvalue weighted by atomic mass is 10.1. The predicted octanol–water partition coefficient (Wildman–Crippen LogP) is 3.33. The number of hydrogen-bond donors (Lipinski definition) is 2. The van der Waals surface area contributed by atoms with Gasteiger partial charge in [-0.2, -0.15) is 0 Å². The topological polar surface area (TPSA) is 63.3 Å². The van der Waals surface area contributed by atoms with E-state index >= 15 is 0 Å². The van der Waals surface area contributed by atoms with Gasteiger partial charge in [0.05, 0.1) is 5.56 Å². The van der Waals surface area contributed by atoms with Crippen molar-refractivity contribution < 1.29 is 9.90 Å². The van der Waals surface area contributed by atoms with E-state index in [9.17, 15) is 4.79 Å². The standard InChI is InChI=1S/C8H9NO2.2C2H6/c1-5-2-3-7(9)6(4-5)8(10)11;2*1-2/h2-4H,9H2,1H3,(H,10,11);2*1-2H3. The van der Waals surface area contributed by atoms with Crippen LogP contribution in [0.2, 0.25) is 0 Å². The fourth-order valence-electron chi connectivity index (χ4n) is 0.855. The average molecular weight is 211 g/mol. The van der Waals surface area contributed by atoms with Crippen molar-refractivity contribution in [2.45, 2.75) is 34.6 Å². The molecule has 0 radical (unpaired) electrons. The Bertz CT molecular complexity index is 296. The molecule has 0 bridgehead atoms. The van der Waals surface area contributed by atoms with Crippen molar-refractivity contribution in [3.05, 3.63) is 29.3 Å². The molecule has 0 aliphatic rings. The lowest BCUT2D eigenvalue weighted by Gasteiger charge is -2.00. The number of hydrogen-bond acceptors (Lipinski definition) is 2. The van der Waals surface area contributed by atoms with Gasteiger partial charge in [-0.3, -0.25) is 0 Å². The Morgan fingerprint density at radius 3 is 2.00 bits per heavy atom. The Kier molecular flexibility index (Phi) is 9.63. The SMILES string of the molecule is CC.CC.Cc1ccc(N)c(C(=O)O)c1. The maximum absolute atomic E-state index is 10.5. The third-order valence-electron chi connectivity index (χ3n) is 1.44. The van der Waals surface area contributed by atoms with Gasteiger partial charge in [0, 0.05) is 5.69 Å². The van der Waals surface area contributed by atoms with E-state index in [1.54, 1.807) is 18.2 Å². The summed E-state index contributed by atoms with van der Waals surface area (Å²) in [5.41, 5.74) is 6.79. The molecule has 0 spiro atoms. The Balaban J connectivity index is 0. The van der Waals surface area contributed by atoms with Crippen LogP contribution in [0.4, 0.5) is 5.69 Å². The number of aromatic carboxylic acids is 1. The maximum atomic E-state index is 10.5. The number of nitrogens with two attached hydrogens (primary N) is 1. The first kappa shape index (κ1) is 15.9. The van der Waals surface area contributed by atoms with Crippen molar-refractivity contribution in [2.75, 3.05) is 5.73 Å². The average Bonchev–Trinajstić information content (AvgIpc) is 2.27. The van der Waals surface area contributed by atoms with Gasteiger partial charge in [-0.15, -0.1) is 0 Å². The molecule has 1 aromatic carbocycles. The van der Waals surface area contributed by atoms with Crippen LogP contribution in [0.15, 0.2) is 18.2 Å². The largest absolute Gasteiger partial charge is 0.478 e. The van der Waals surface area contributed by atoms with Gasteiger partial charge < -0.3 is 10.8 Å². The molecule has 0 fully saturated rings. The highest BCUT2D eigenvalue weighted by Gasteiger charge is 2.05. The number of carboxylic acids is 1. The molecule has 86 valence electrons. The zero-order valence-electron chi connectivity index (χ0n) is 10.2. The van der Waals surface area contributed by atoms with Crippen LogP contribution in [-0.4, -0.2) is 11.1 Å². The van der Waals surface area contributed by atoms with Gasteiger partial charge in [0.1, 0.15) is 0 Å². The Morgan fingerprint density at radius 1 is 1.20 bits per heavy atom. The van der Waals surface area contributed by atoms with E-state index in [0.717, 1.165) is 5.56 Å². The second-order valence-corrected chi connectivity index (χ2v) is 2.40. The lowest BCUT2D eigenvalue weighted by Crippen LogP contribution is -2.02. The zero-order chi connectivity index (χ0) is 12.4. The van der Waals surface area contributed by atoms with E-state index in [2.05, 4.69) is 0 Å². The molecule has 0 saturated heterocycles. The van der Waals surface area contributed by atoms with Crippen molar-refractivity contribution in [2.24, 2.45) is 0 Å². The maximum Gasteiger partial charge on any atom is 0.337 e. The predicted molar refractivity (Wildman–Crippen MR) is 65.2 cm³/mol. The van der Waals surface area contributed by atoms with Gasteiger partial charge in [-0.1, -0.05) is 39.3 Å². The minimum Gasteiger partial charge on any atom is -0.478 e. The molecule has 3 N–H and O–H groups in total. The number of rotatable bonds is 1. The molecule has 1 aromatic rings. The molecule has 0 amide bonds. The quantitative estimate of drug-likeness (QED) is 0.700. The summed E-state index contributed by atoms with van der Waals surface area (Å²) in [5.74, 6) is -0.980. The zero-order valence-corrected chi connectivity index (χ0v) is 10.2. The van der Waals surface area contributed by atoms with Crippen LogP contribution in [0.25, 0.3) is 0 Å². The molecular formula is C12H21NO2. The number of anilines is 1. The van der Waals surface area contributed by atoms with E-state index in [1.165, 1.54) is 0 Å². The first-order valence-electron chi connectivity index (χ1n) is 5.20. The molecule has 0 atom stereocenters. The fraction of sp³-hybridized carbons (Fsp3) is 0.417. The van der Waals surface area contributed by atoms with Gasteiger partial charge in [0.25, 0.3) is 0 Å². The summed E-state index contributed by atoms with van der Waals surface area (Å²) in [7, 11) is 0. The Morgan fingerprint density at radius 2 is 1.67 bits per heavy atom. The normalized spacial score (nSPS) is 7.80. The van der Waals surface area contributed by atoms with Crippen LogP contribution in [-0.2, 0) is 0 Å². The Labute approximate surface area is 91.9 Å². The summed E-state index contributed by atoms with van der Waals surface area (Å²) in [6.45, 7) is 9.83. The summed E-state index contributed by atoms with van der Waals surface area (Å²) in [6.07, 6.45) is 0. The molecule has 15 heavy (non-hydrogen) atoms. The highest BCUT2D eigenvalue weighted by Crippen LogP contribution is 2.12. The second-order valence-electron chi connectivity index (χ2n) is 2.40. The summed E-state index contributed by atoms with van der Waals surface area (Å²) in [6, 6.07) is 4.93. The van der Waals surface area contributed by atoms with Crippen molar-refractivity contribution in [1.82, 2.24) is 0 Å². The molecule has 0 aliphatic carbocycles. The molecule has 0 unspecified atom stereocenters. The van der Waals surface area contributed by atoms with E-state index in [0.29, 0.717) is 5.69 Å². The number of carbonyl (C=O) groups is 1. The van der Waals surface area contributed by atoms with Gasteiger partial charge in [-0.25, -0.2) is 4.79 Å². The van der Waals surface area contributed by atoms with Crippen LogP contribution in [0.1, 0.15) is 43.6 Å². The van der Waals surface area contributed by atoms with Gasteiger partial charge >= 0.3 is 5.97 Å².